The predicted molar refractivity (Wildman–Crippen MR) is 99.8 cm³/mol. The van der Waals surface area contributed by atoms with Crippen molar-refractivity contribution >= 4 is 5.91 Å². The number of likely N-dealkylation sites (tertiary alicyclic amines) is 2. The van der Waals surface area contributed by atoms with E-state index < -0.39 is 6.10 Å². The van der Waals surface area contributed by atoms with Crippen molar-refractivity contribution in [3.8, 4) is 11.4 Å². The second-order valence-electron chi connectivity index (χ2n) is 7.76. The molecule has 2 saturated heterocycles. The summed E-state index contributed by atoms with van der Waals surface area (Å²) in [4.78, 5) is 20.1. The topological polar surface area (TPSA) is 82.7 Å². The van der Waals surface area contributed by atoms with E-state index in [-0.39, 0.29) is 23.8 Å². The predicted octanol–water partition coefficient (Wildman–Crippen LogP) is 2.30. The van der Waals surface area contributed by atoms with Crippen molar-refractivity contribution < 1.29 is 18.8 Å². The number of piperidine rings is 1. The molecule has 0 spiro atoms. The number of hydrogen-bond donors (Lipinski definition) is 1. The summed E-state index contributed by atoms with van der Waals surface area (Å²) in [7, 11) is 0. The Labute approximate surface area is 163 Å². The zero-order chi connectivity index (χ0) is 19.8. The summed E-state index contributed by atoms with van der Waals surface area (Å²) in [5.41, 5.74) is 1.13. The number of benzene rings is 1. The van der Waals surface area contributed by atoms with Crippen LogP contribution in [0.2, 0.25) is 0 Å². The molecule has 1 N–H and O–H groups in total. The van der Waals surface area contributed by atoms with Gasteiger partial charge < -0.3 is 14.5 Å². The maximum Gasteiger partial charge on any atom is 0.244 e. The smallest absolute Gasteiger partial charge is 0.244 e. The van der Waals surface area contributed by atoms with Crippen LogP contribution in [0.4, 0.5) is 4.39 Å². The van der Waals surface area contributed by atoms with Crippen LogP contribution >= 0.6 is 0 Å². The van der Waals surface area contributed by atoms with E-state index in [1.54, 1.807) is 26.0 Å². The third-order valence-corrected chi connectivity index (χ3v) is 5.85. The normalized spacial score (nSPS) is 24.1. The second kappa shape index (κ2) is 7.60. The monoisotopic (exact) mass is 388 g/mol. The molecule has 1 amide bonds. The first-order valence-electron chi connectivity index (χ1n) is 9.72. The Balaban J connectivity index is 1.52. The van der Waals surface area contributed by atoms with Crippen molar-refractivity contribution in [3.63, 3.8) is 0 Å². The first-order chi connectivity index (χ1) is 13.4. The van der Waals surface area contributed by atoms with Crippen molar-refractivity contribution in [3.05, 3.63) is 35.5 Å². The van der Waals surface area contributed by atoms with E-state index in [9.17, 15) is 14.3 Å². The van der Waals surface area contributed by atoms with Gasteiger partial charge in [0, 0.05) is 38.2 Å². The highest BCUT2D eigenvalue weighted by atomic mass is 19.1. The van der Waals surface area contributed by atoms with Crippen LogP contribution in [0.5, 0.6) is 0 Å². The standard InChI is InChI=1S/C20H25FN4O3/c1-12-3-4-14(9-17(12)21)19-22-20(28-23-19)18-10-16(27)11-25(18)15-5-7-24(8-6-15)13(2)26/h3-4,9,15-16,18,27H,5-8,10-11H2,1-2H3. The molecule has 0 bridgehead atoms. The summed E-state index contributed by atoms with van der Waals surface area (Å²) in [6.45, 7) is 5.28. The van der Waals surface area contributed by atoms with E-state index in [1.165, 1.54) is 6.07 Å². The number of aliphatic hydroxyl groups is 1. The van der Waals surface area contributed by atoms with Gasteiger partial charge in [0.25, 0.3) is 0 Å². The number of amides is 1. The maximum absolute atomic E-state index is 13.9. The van der Waals surface area contributed by atoms with Gasteiger partial charge in [-0.2, -0.15) is 4.98 Å². The van der Waals surface area contributed by atoms with Crippen LogP contribution in [0, 0.1) is 12.7 Å². The minimum Gasteiger partial charge on any atom is -0.392 e. The molecule has 0 radical (unpaired) electrons. The number of β-amino-alcohol motifs (C(OH)–C–C–N with tert-alkyl or cyclic N) is 1. The SMILES string of the molecule is CC(=O)N1CCC(N2CC(O)CC2c2nc(-c3ccc(C)c(F)c3)no2)CC1. The summed E-state index contributed by atoms with van der Waals surface area (Å²) in [6, 6.07) is 4.95. The minimum absolute atomic E-state index is 0.100. The van der Waals surface area contributed by atoms with Crippen molar-refractivity contribution in [2.75, 3.05) is 19.6 Å². The average Bonchev–Trinajstić information content (AvgIpc) is 3.31. The Morgan fingerprint density at radius 1 is 1.32 bits per heavy atom. The molecule has 7 nitrogen and oxygen atoms in total. The lowest BCUT2D eigenvalue weighted by Crippen LogP contribution is -2.46. The van der Waals surface area contributed by atoms with Gasteiger partial charge in [-0.05, 0) is 37.8 Å². The highest BCUT2D eigenvalue weighted by Gasteiger charge is 2.40. The summed E-state index contributed by atoms with van der Waals surface area (Å²) < 4.78 is 19.4. The quantitative estimate of drug-likeness (QED) is 0.869. The van der Waals surface area contributed by atoms with E-state index in [2.05, 4.69) is 15.0 Å². The van der Waals surface area contributed by atoms with Crippen LogP contribution in [0.1, 0.15) is 43.7 Å². The van der Waals surface area contributed by atoms with Gasteiger partial charge in [0.05, 0.1) is 12.1 Å². The molecular formula is C20H25FN4O3. The molecule has 2 aromatic rings. The van der Waals surface area contributed by atoms with Crippen molar-refractivity contribution in [2.24, 2.45) is 0 Å². The highest BCUT2D eigenvalue weighted by molar-refractivity contribution is 5.73. The lowest BCUT2D eigenvalue weighted by Gasteiger charge is -2.38. The molecule has 28 heavy (non-hydrogen) atoms. The Bertz CT molecular complexity index is 863. The van der Waals surface area contributed by atoms with Crippen LogP contribution in [0.3, 0.4) is 0 Å². The van der Waals surface area contributed by atoms with Gasteiger partial charge in [0.2, 0.25) is 17.6 Å². The number of carbonyl (C=O) groups excluding carboxylic acids is 1. The first-order valence-corrected chi connectivity index (χ1v) is 9.72. The van der Waals surface area contributed by atoms with Crippen LogP contribution in [0.15, 0.2) is 22.7 Å². The molecule has 8 heteroatoms. The van der Waals surface area contributed by atoms with E-state index in [1.807, 2.05) is 4.90 Å². The summed E-state index contributed by atoms with van der Waals surface area (Å²) in [6.07, 6.45) is 1.78. The van der Waals surface area contributed by atoms with Gasteiger partial charge >= 0.3 is 0 Å². The Morgan fingerprint density at radius 2 is 2.07 bits per heavy atom. The van der Waals surface area contributed by atoms with Crippen molar-refractivity contribution in [2.45, 2.75) is 51.3 Å². The third-order valence-electron chi connectivity index (χ3n) is 5.85. The van der Waals surface area contributed by atoms with E-state index >= 15 is 0 Å². The number of aliphatic hydroxyl groups excluding tert-OH is 1. The van der Waals surface area contributed by atoms with E-state index in [0.717, 1.165) is 25.9 Å². The molecule has 0 aliphatic carbocycles. The van der Waals surface area contributed by atoms with Crippen LogP contribution in [0.25, 0.3) is 11.4 Å². The molecular weight excluding hydrogens is 363 g/mol. The Kier molecular flexibility index (Phi) is 5.16. The van der Waals surface area contributed by atoms with Crippen LogP contribution < -0.4 is 0 Å². The van der Waals surface area contributed by atoms with Crippen molar-refractivity contribution in [1.29, 1.82) is 0 Å². The van der Waals surface area contributed by atoms with Gasteiger partial charge in [-0.25, -0.2) is 4.39 Å². The highest BCUT2D eigenvalue weighted by Crippen LogP contribution is 2.36. The van der Waals surface area contributed by atoms with E-state index in [0.29, 0.717) is 35.8 Å². The number of aromatic nitrogens is 2. The molecule has 2 aliphatic heterocycles. The maximum atomic E-state index is 13.9. The van der Waals surface area contributed by atoms with Gasteiger partial charge in [-0.1, -0.05) is 17.3 Å². The van der Waals surface area contributed by atoms with Gasteiger partial charge in [-0.15, -0.1) is 0 Å². The van der Waals surface area contributed by atoms with Crippen LogP contribution in [-0.4, -0.2) is 62.7 Å². The lowest BCUT2D eigenvalue weighted by molar-refractivity contribution is -0.130. The molecule has 2 aliphatic rings. The van der Waals surface area contributed by atoms with Gasteiger partial charge in [0.1, 0.15) is 5.82 Å². The van der Waals surface area contributed by atoms with E-state index in [4.69, 9.17) is 4.52 Å². The van der Waals surface area contributed by atoms with Crippen molar-refractivity contribution in [1.82, 2.24) is 19.9 Å². The summed E-state index contributed by atoms with van der Waals surface area (Å²) >= 11 is 0. The lowest BCUT2D eigenvalue weighted by atomic mass is 10.0. The zero-order valence-electron chi connectivity index (χ0n) is 16.1. The fourth-order valence-electron chi connectivity index (χ4n) is 4.22. The number of rotatable bonds is 3. The van der Waals surface area contributed by atoms with Crippen LogP contribution in [-0.2, 0) is 4.79 Å². The Morgan fingerprint density at radius 3 is 2.75 bits per heavy atom. The molecule has 3 heterocycles. The molecule has 4 rings (SSSR count). The zero-order valence-corrected chi connectivity index (χ0v) is 16.1. The number of nitrogens with zero attached hydrogens (tertiary/aromatic N) is 4. The number of hydrogen-bond acceptors (Lipinski definition) is 6. The fourth-order valence-corrected chi connectivity index (χ4v) is 4.22. The molecule has 2 unspecified atom stereocenters. The van der Waals surface area contributed by atoms with Gasteiger partial charge in [0.15, 0.2) is 0 Å². The molecule has 150 valence electrons. The minimum atomic E-state index is -0.456. The second-order valence-corrected chi connectivity index (χ2v) is 7.76. The number of halogens is 1. The third kappa shape index (κ3) is 3.66. The molecule has 1 aromatic heterocycles. The number of aryl methyl sites for hydroxylation is 1. The van der Waals surface area contributed by atoms with Gasteiger partial charge in [-0.3, -0.25) is 9.69 Å². The molecule has 0 saturated carbocycles. The first kappa shape index (κ1) is 19.0. The summed E-state index contributed by atoms with van der Waals surface area (Å²) in [5.74, 6) is 0.588. The average molecular weight is 388 g/mol. The number of carbonyl (C=O) groups is 1. The molecule has 1 aromatic carbocycles. The molecule has 2 fully saturated rings. The Hall–Kier alpha value is -2.32. The fraction of sp³-hybridized carbons (Fsp3) is 0.550. The summed E-state index contributed by atoms with van der Waals surface area (Å²) in [5, 5.41) is 14.3. The largest absolute Gasteiger partial charge is 0.392 e. The molecule has 2 atom stereocenters.